The number of esters is 1. The fraction of sp³-hybridized carbons (Fsp3) is 0.192. The number of methoxy groups -OCH3 is 1. The molecule has 0 unspecified atom stereocenters. The van der Waals surface area contributed by atoms with Crippen molar-refractivity contribution in [2.45, 2.75) is 18.8 Å². The lowest BCUT2D eigenvalue weighted by Gasteiger charge is -2.15. The Labute approximate surface area is 191 Å². The van der Waals surface area contributed by atoms with Gasteiger partial charge in [-0.2, -0.15) is 0 Å². The average molecular weight is 445 g/mol. The van der Waals surface area contributed by atoms with E-state index in [1.807, 2.05) is 36.4 Å². The summed E-state index contributed by atoms with van der Waals surface area (Å²) in [6.07, 6.45) is -0.384. The van der Waals surface area contributed by atoms with Crippen LogP contribution in [0.25, 0.3) is 11.1 Å². The molecule has 0 aromatic heterocycles. The number of hydrogen-bond donors (Lipinski definition) is 2. The molecule has 4 rings (SSSR count). The number of hydrogen-bond acceptors (Lipinski definition) is 5. The van der Waals surface area contributed by atoms with Gasteiger partial charge in [-0.3, -0.25) is 10.1 Å². The highest BCUT2D eigenvalue weighted by atomic mass is 16.5. The number of amides is 1. The number of carboxylic acid groups (broad SMARTS) is 1. The van der Waals surface area contributed by atoms with Crippen molar-refractivity contribution >= 4 is 23.7 Å². The van der Waals surface area contributed by atoms with E-state index < -0.39 is 18.0 Å². The van der Waals surface area contributed by atoms with E-state index in [0.717, 1.165) is 22.3 Å². The largest absolute Gasteiger partial charge is 0.478 e. The molecule has 7 heteroatoms. The highest BCUT2D eigenvalue weighted by Crippen LogP contribution is 2.44. The molecule has 1 aliphatic rings. The zero-order valence-electron chi connectivity index (χ0n) is 18.0. The predicted octanol–water partition coefficient (Wildman–Crippen LogP) is 4.85. The third kappa shape index (κ3) is 4.72. The molecule has 3 aromatic carbocycles. The third-order valence-electron chi connectivity index (χ3n) is 5.76. The molecule has 7 nitrogen and oxygen atoms in total. The molecule has 0 radical (unpaired) electrons. The van der Waals surface area contributed by atoms with Crippen molar-refractivity contribution in [3.8, 4) is 11.1 Å². The summed E-state index contributed by atoms with van der Waals surface area (Å²) < 4.78 is 10.1. The maximum Gasteiger partial charge on any atom is 0.411 e. The first-order chi connectivity index (χ1) is 16.0. The van der Waals surface area contributed by atoms with Crippen molar-refractivity contribution in [3.63, 3.8) is 0 Å². The van der Waals surface area contributed by atoms with E-state index in [2.05, 4.69) is 22.2 Å². The van der Waals surface area contributed by atoms with Crippen molar-refractivity contribution in [1.82, 2.24) is 0 Å². The molecule has 0 bridgehead atoms. The summed E-state index contributed by atoms with van der Waals surface area (Å²) in [5, 5.41) is 12.1. The van der Waals surface area contributed by atoms with Gasteiger partial charge in [-0.05, 0) is 46.4 Å². The maximum absolute atomic E-state index is 12.5. The van der Waals surface area contributed by atoms with Crippen molar-refractivity contribution in [1.29, 1.82) is 0 Å². The number of carboxylic acids is 1. The molecule has 33 heavy (non-hydrogen) atoms. The zero-order valence-corrected chi connectivity index (χ0v) is 18.0. The van der Waals surface area contributed by atoms with Crippen LogP contribution < -0.4 is 5.32 Å². The SMILES string of the molecule is COC(=O)CCc1ccc(NC(=O)OCC2c3ccccc3-c3ccccc32)cc1C(=O)O. The van der Waals surface area contributed by atoms with Crippen molar-refractivity contribution in [2.75, 3.05) is 19.0 Å². The standard InChI is InChI=1S/C26H23NO6/c1-32-24(28)13-11-16-10-12-17(14-22(16)25(29)30)27-26(31)33-15-23-20-8-4-2-6-18(20)19-7-3-5-9-21(19)23/h2-10,12,14,23H,11,13,15H2,1H3,(H,27,31)(H,29,30). The maximum atomic E-state index is 12.5. The van der Waals surface area contributed by atoms with Crippen LogP contribution in [0.5, 0.6) is 0 Å². The van der Waals surface area contributed by atoms with Gasteiger partial charge in [0.1, 0.15) is 6.61 Å². The minimum absolute atomic E-state index is 0.00958. The Morgan fingerprint density at radius 3 is 2.18 bits per heavy atom. The second-order valence-corrected chi connectivity index (χ2v) is 7.70. The van der Waals surface area contributed by atoms with Crippen molar-refractivity contribution in [3.05, 3.63) is 89.0 Å². The molecule has 2 N–H and O–H groups in total. The molecule has 0 aliphatic heterocycles. The highest BCUT2D eigenvalue weighted by Gasteiger charge is 2.29. The minimum atomic E-state index is -1.15. The molecular formula is C26H23NO6. The van der Waals surface area contributed by atoms with Crippen LogP contribution in [-0.2, 0) is 20.7 Å². The van der Waals surface area contributed by atoms with Gasteiger partial charge in [-0.1, -0.05) is 54.6 Å². The summed E-state index contributed by atoms with van der Waals surface area (Å²) in [7, 11) is 1.28. The van der Waals surface area contributed by atoms with Crippen LogP contribution in [-0.4, -0.2) is 36.9 Å². The summed E-state index contributed by atoms with van der Waals surface area (Å²) in [6.45, 7) is 0.156. The fourth-order valence-corrected chi connectivity index (χ4v) is 4.16. The second-order valence-electron chi connectivity index (χ2n) is 7.70. The smallest absolute Gasteiger partial charge is 0.411 e. The highest BCUT2D eigenvalue weighted by molar-refractivity contribution is 5.93. The van der Waals surface area contributed by atoms with Crippen LogP contribution in [0.3, 0.4) is 0 Å². The number of carbonyl (C=O) groups excluding carboxylic acids is 2. The molecule has 0 heterocycles. The summed E-state index contributed by atoms with van der Waals surface area (Å²) in [6, 6.07) is 20.6. The molecule has 168 valence electrons. The Kier molecular flexibility index (Phi) is 6.40. The number of anilines is 1. The normalized spacial score (nSPS) is 11.9. The van der Waals surface area contributed by atoms with Crippen LogP contribution >= 0.6 is 0 Å². The molecule has 1 aliphatic carbocycles. The van der Waals surface area contributed by atoms with E-state index in [0.29, 0.717) is 11.3 Å². The van der Waals surface area contributed by atoms with E-state index in [1.54, 1.807) is 12.1 Å². The molecule has 0 fully saturated rings. The van der Waals surface area contributed by atoms with Gasteiger partial charge in [0.05, 0.1) is 12.7 Å². The Morgan fingerprint density at radius 2 is 1.58 bits per heavy atom. The molecule has 1 amide bonds. The number of fused-ring (bicyclic) bond motifs is 3. The van der Waals surface area contributed by atoms with Crippen LogP contribution in [0.15, 0.2) is 66.7 Å². The van der Waals surface area contributed by atoms with Gasteiger partial charge >= 0.3 is 18.0 Å². The van der Waals surface area contributed by atoms with Crippen LogP contribution in [0.4, 0.5) is 10.5 Å². The van der Waals surface area contributed by atoms with E-state index >= 15 is 0 Å². The van der Waals surface area contributed by atoms with Gasteiger partial charge in [0.2, 0.25) is 0 Å². The monoisotopic (exact) mass is 445 g/mol. The van der Waals surface area contributed by atoms with Gasteiger partial charge in [0.25, 0.3) is 0 Å². The number of aromatic carboxylic acids is 1. The van der Waals surface area contributed by atoms with Gasteiger partial charge in [0.15, 0.2) is 0 Å². The number of benzene rings is 3. The van der Waals surface area contributed by atoms with Gasteiger partial charge in [0, 0.05) is 18.0 Å². The number of ether oxygens (including phenoxy) is 2. The summed E-state index contributed by atoms with van der Waals surface area (Å²) in [5.41, 5.74) is 5.27. The van der Waals surface area contributed by atoms with E-state index in [-0.39, 0.29) is 30.9 Å². The molecular weight excluding hydrogens is 422 g/mol. The first-order valence-corrected chi connectivity index (χ1v) is 10.5. The van der Waals surface area contributed by atoms with Crippen molar-refractivity contribution in [2.24, 2.45) is 0 Å². The number of carbonyl (C=O) groups is 3. The summed E-state index contributed by atoms with van der Waals surface area (Å²) in [5.74, 6) is -1.64. The summed E-state index contributed by atoms with van der Waals surface area (Å²) in [4.78, 5) is 35.5. The van der Waals surface area contributed by atoms with Gasteiger partial charge in [-0.25, -0.2) is 9.59 Å². The Balaban J connectivity index is 1.44. The fourth-order valence-electron chi connectivity index (χ4n) is 4.16. The predicted molar refractivity (Wildman–Crippen MR) is 122 cm³/mol. The quantitative estimate of drug-likeness (QED) is 0.504. The first kappa shape index (κ1) is 22.1. The van der Waals surface area contributed by atoms with Gasteiger partial charge < -0.3 is 14.6 Å². The zero-order chi connectivity index (χ0) is 23.4. The lowest BCUT2D eigenvalue weighted by Crippen LogP contribution is -2.18. The lowest BCUT2D eigenvalue weighted by atomic mass is 9.98. The molecule has 0 saturated heterocycles. The molecule has 0 saturated carbocycles. The van der Waals surface area contributed by atoms with Crippen molar-refractivity contribution < 1.29 is 29.0 Å². The molecule has 0 atom stereocenters. The number of rotatable bonds is 7. The minimum Gasteiger partial charge on any atom is -0.478 e. The van der Waals surface area contributed by atoms with Gasteiger partial charge in [-0.15, -0.1) is 0 Å². The second kappa shape index (κ2) is 9.56. The number of nitrogens with one attached hydrogen (secondary N) is 1. The Hall–Kier alpha value is -4.13. The molecule has 3 aromatic rings. The first-order valence-electron chi connectivity index (χ1n) is 10.5. The van der Waals surface area contributed by atoms with E-state index in [9.17, 15) is 19.5 Å². The van der Waals surface area contributed by atoms with E-state index in [1.165, 1.54) is 13.2 Å². The third-order valence-corrected chi connectivity index (χ3v) is 5.76. The van der Waals surface area contributed by atoms with Crippen LogP contribution in [0, 0.1) is 0 Å². The number of aryl methyl sites for hydroxylation is 1. The van der Waals surface area contributed by atoms with Crippen LogP contribution in [0.2, 0.25) is 0 Å². The molecule has 0 spiro atoms. The Bertz CT molecular complexity index is 1170. The van der Waals surface area contributed by atoms with Crippen LogP contribution in [0.1, 0.15) is 39.4 Å². The summed E-state index contributed by atoms with van der Waals surface area (Å²) >= 11 is 0. The Morgan fingerprint density at radius 1 is 0.939 bits per heavy atom. The lowest BCUT2D eigenvalue weighted by molar-refractivity contribution is -0.140. The average Bonchev–Trinajstić information content (AvgIpc) is 3.15. The topological polar surface area (TPSA) is 102 Å². The van der Waals surface area contributed by atoms with E-state index in [4.69, 9.17) is 4.74 Å².